The molecule has 1 unspecified atom stereocenters. The van der Waals surface area contributed by atoms with Crippen LogP contribution in [0.5, 0.6) is 0 Å². The van der Waals surface area contributed by atoms with Crippen LogP contribution in [0.25, 0.3) is 0 Å². The largest absolute Gasteiger partial charge is 0.326 e. The number of halogens is 1. The van der Waals surface area contributed by atoms with Crippen LogP contribution in [-0.4, -0.2) is 22.5 Å². The van der Waals surface area contributed by atoms with E-state index in [1.54, 1.807) is 35.2 Å². The summed E-state index contributed by atoms with van der Waals surface area (Å²) in [5.74, 6) is 0.444. The average Bonchev–Trinajstić information content (AvgIpc) is 2.48. The molecule has 0 aromatic heterocycles. The molecule has 1 aliphatic rings. The smallest absolute Gasteiger partial charge is 0.307 e. The lowest BCUT2D eigenvalue weighted by Crippen LogP contribution is -2.41. The van der Waals surface area contributed by atoms with Gasteiger partial charge in [0, 0.05) is 23.0 Å². The molecule has 6 heteroatoms. The molecule has 3 rings (SSSR count). The normalized spacial score (nSPS) is 17.2. The number of urea groups is 1. The van der Waals surface area contributed by atoms with Crippen molar-refractivity contribution in [1.82, 2.24) is 0 Å². The zero-order valence-electron chi connectivity index (χ0n) is 11.1. The Bertz CT molecular complexity index is 720. The first kappa shape index (κ1) is 14.1. The third-order valence-corrected chi connectivity index (χ3v) is 4.85. The van der Waals surface area contributed by atoms with Gasteiger partial charge in [-0.1, -0.05) is 29.8 Å². The minimum absolute atomic E-state index is 0.249. The molecule has 2 amide bonds. The lowest BCUT2D eigenvalue weighted by Gasteiger charge is -2.28. The fourth-order valence-electron chi connectivity index (χ4n) is 2.25. The van der Waals surface area contributed by atoms with Crippen LogP contribution < -0.4 is 10.2 Å². The zero-order valence-corrected chi connectivity index (χ0v) is 12.7. The van der Waals surface area contributed by atoms with Crippen molar-refractivity contribution in [3.63, 3.8) is 0 Å². The van der Waals surface area contributed by atoms with Crippen LogP contribution in [0.4, 0.5) is 16.2 Å². The second-order valence-corrected chi connectivity index (χ2v) is 6.59. The van der Waals surface area contributed by atoms with E-state index in [0.717, 1.165) is 0 Å². The number of hydrogen-bond donors (Lipinski definition) is 1. The van der Waals surface area contributed by atoms with Crippen molar-refractivity contribution < 1.29 is 9.00 Å². The van der Waals surface area contributed by atoms with Crippen molar-refractivity contribution in [2.75, 3.05) is 22.5 Å². The number of nitrogens with one attached hydrogen (secondary N) is 1. The summed E-state index contributed by atoms with van der Waals surface area (Å²) >= 11 is 5.91. The van der Waals surface area contributed by atoms with Crippen LogP contribution in [0.1, 0.15) is 0 Å². The van der Waals surface area contributed by atoms with Gasteiger partial charge in [0.05, 0.1) is 21.4 Å². The van der Waals surface area contributed by atoms with Gasteiger partial charge in [0.1, 0.15) is 0 Å². The third-order valence-electron chi connectivity index (χ3n) is 3.22. The van der Waals surface area contributed by atoms with E-state index in [9.17, 15) is 9.00 Å². The van der Waals surface area contributed by atoms with E-state index in [1.165, 1.54) is 0 Å². The Morgan fingerprint density at radius 2 is 2.00 bits per heavy atom. The standard InChI is InChI=1S/C15H13ClN2O2S/c16-11-4-3-5-12(10-11)17-15(19)18-8-9-21(20)14-7-2-1-6-13(14)18/h1-7,10H,8-9H2,(H,17,19). The van der Waals surface area contributed by atoms with E-state index in [-0.39, 0.29) is 6.03 Å². The molecule has 0 aliphatic carbocycles. The molecule has 2 aromatic carbocycles. The highest BCUT2D eigenvalue weighted by Gasteiger charge is 2.26. The van der Waals surface area contributed by atoms with Crippen LogP contribution in [0.15, 0.2) is 53.4 Å². The lowest BCUT2D eigenvalue weighted by atomic mass is 10.3. The maximum atomic E-state index is 12.4. The van der Waals surface area contributed by atoms with Crippen LogP contribution in [0.2, 0.25) is 5.02 Å². The van der Waals surface area contributed by atoms with Gasteiger partial charge in [-0.05, 0) is 30.3 Å². The molecule has 1 aliphatic heterocycles. The highest BCUT2D eigenvalue weighted by atomic mass is 35.5. The summed E-state index contributed by atoms with van der Waals surface area (Å²) in [7, 11) is -1.05. The Hall–Kier alpha value is -1.85. The molecule has 0 fully saturated rings. The minimum atomic E-state index is -1.05. The van der Waals surface area contributed by atoms with Gasteiger partial charge in [-0.15, -0.1) is 0 Å². The number of amides is 2. The molecule has 1 atom stereocenters. The fraction of sp³-hybridized carbons (Fsp3) is 0.133. The molecule has 4 nitrogen and oxygen atoms in total. The molecule has 21 heavy (non-hydrogen) atoms. The van der Waals surface area contributed by atoms with Gasteiger partial charge >= 0.3 is 6.03 Å². The van der Waals surface area contributed by atoms with Gasteiger partial charge in [-0.2, -0.15) is 0 Å². The van der Waals surface area contributed by atoms with Gasteiger partial charge in [0.15, 0.2) is 0 Å². The summed E-state index contributed by atoms with van der Waals surface area (Å²) in [6.07, 6.45) is 0. The summed E-state index contributed by atoms with van der Waals surface area (Å²) < 4.78 is 12.0. The van der Waals surface area contributed by atoms with Crippen molar-refractivity contribution in [3.8, 4) is 0 Å². The first-order chi connectivity index (χ1) is 10.1. The van der Waals surface area contributed by atoms with Crippen molar-refractivity contribution >= 4 is 39.8 Å². The summed E-state index contributed by atoms with van der Waals surface area (Å²) in [6.45, 7) is 0.427. The van der Waals surface area contributed by atoms with Crippen molar-refractivity contribution in [2.45, 2.75) is 4.90 Å². The Kier molecular flexibility index (Phi) is 3.94. The number of benzene rings is 2. The molecule has 0 bridgehead atoms. The van der Waals surface area contributed by atoms with E-state index in [4.69, 9.17) is 11.6 Å². The average molecular weight is 321 g/mol. The van der Waals surface area contributed by atoms with Gasteiger partial charge in [-0.3, -0.25) is 9.11 Å². The number of fused-ring (bicyclic) bond motifs is 1. The number of carbonyl (C=O) groups is 1. The summed E-state index contributed by atoms with van der Waals surface area (Å²) in [4.78, 5) is 14.7. The summed E-state index contributed by atoms with van der Waals surface area (Å²) in [6, 6.07) is 14.0. The number of anilines is 2. The van der Waals surface area contributed by atoms with Crippen molar-refractivity contribution in [3.05, 3.63) is 53.6 Å². The predicted octanol–water partition coefficient (Wildman–Crippen LogP) is 3.50. The third kappa shape index (κ3) is 2.94. The number of hydrogen-bond acceptors (Lipinski definition) is 2. The fourth-order valence-corrected chi connectivity index (χ4v) is 3.65. The van der Waals surface area contributed by atoms with Gasteiger partial charge < -0.3 is 5.32 Å². The van der Waals surface area contributed by atoms with Crippen molar-refractivity contribution in [2.24, 2.45) is 0 Å². The SMILES string of the molecule is O=C(Nc1cccc(Cl)c1)N1CCS(=O)c2ccccc21. The van der Waals surface area contributed by atoms with E-state index < -0.39 is 10.8 Å². The molecule has 1 heterocycles. The Labute approximate surface area is 130 Å². The number of para-hydroxylation sites is 1. The first-order valence-electron chi connectivity index (χ1n) is 6.46. The summed E-state index contributed by atoms with van der Waals surface area (Å²) in [5.41, 5.74) is 1.33. The summed E-state index contributed by atoms with van der Waals surface area (Å²) in [5, 5.41) is 3.37. The number of carbonyl (C=O) groups excluding carboxylic acids is 1. The molecule has 2 aromatic rings. The van der Waals surface area contributed by atoms with E-state index in [2.05, 4.69) is 5.32 Å². The number of nitrogens with zero attached hydrogens (tertiary/aromatic N) is 1. The lowest BCUT2D eigenvalue weighted by molar-refractivity contribution is 0.257. The first-order valence-corrected chi connectivity index (χ1v) is 8.16. The minimum Gasteiger partial charge on any atom is -0.307 e. The molecular formula is C15H13ClN2O2S. The van der Waals surface area contributed by atoms with Gasteiger partial charge in [-0.25, -0.2) is 4.79 Å². The van der Waals surface area contributed by atoms with Gasteiger partial charge in [0.2, 0.25) is 0 Å². The van der Waals surface area contributed by atoms with Crippen molar-refractivity contribution in [1.29, 1.82) is 0 Å². The number of rotatable bonds is 1. The molecular weight excluding hydrogens is 308 g/mol. The molecule has 0 spiro atoms. The molecule has 0 radical (unpaired) electrons. The molecule has 1 N–H and O–H groups in total. The van der Waals surface area contributed by atoms with Crippen LogP contribution in [0.3, 0.4) is 0 Å². The van der Waals surface area contributed by atoms with E-state index >= 15 is 0 Å². The molecule has 108 valence electrons. The monoisotopic (exact) mass is 320 g/mol. The maximum absolute atomic E-state index is 12.4. The zero-order chi connectivity index (χ0) is 14.8. The van der Waals surface area contributed by atoms with Crippen LogP contribution in [-0.2, 0) is 10.8 Å². The highest BCUT2D eigenvalue weighted by Crippen LogP contribution is 2.28. The topological polar surface area (TPSA) is 49.4 Å². The Balaban J connectivity index is 1.86. The van der Waals surface area contributed by atoms with E-state index in [0.29, 0.717) is 33.6 Å². The Morgan fingerprint density at radius 3 is 2.81 bits per heavy atom. The quantitative estimate of drug-likeness (QED) is 0.874. The second-order valence-electron chi connectivity index (χ2n) is 4.61. The molecule has 0 saturated carbocycles. The van der Waals surface area contributed by atoms with Gasteiger partial charge in [0.25, 0.3) is 0 Å². The highest BCUT2D eigenvalue weighted by molar-refractivity contribution is 7.85. The van der Waals surface area contributed by atoms with Crippen LogP contribution >= 0.6 is 11.6 Å². The molecule has 0 saturated heterocycles. The van der Waals surface area contributed by atoms with Crippen LogP contribution in [0, 0.1) is 0 Å². The maximum Gasteiger partial charge on any atom is 0.326 e. The predicted molar refractivity (Wildman–Crippen MR) is 85.5 cm³/mol. The van der Waals surface area contributed by atoms with E-state index in [1.807, 2.05) is 18.2 Å². The second kappa shape index (κ2) is 5.87. The Morgan fingerprint density at radius 1 is 1.19 bits per heavy atom.